The Kier molecular flexibility index (Phi) is 31.1. The van der Waals surface area contributed by atoms with Gasteiger partial charge in [-0.1, -0.05) is 102 Å². The molecule has 10 heteroatoms. The fourth-order valence-corrected chi connectivity index (χ4v) is 5.20. The highest BCUT2D eigenvalue weighted by Crippen LogP contribution is 2.43. The van der Waals surface area contributed by atoms with Crippen molar-refractivity contribution in [1.29, 1.82) is 0 Å². The van der Waals surface area contributed by atoms with Gasteiger partial charge < -0.3 is 24.6 Å². The number of hydrogen-bond donors (Lipinski definition) is 3. The number of ether oxygens (including phenoxy) is 2. The molecule has 3 atom stereocenters. The largest absolute Gasteiger partial charge is 0.472 e. The lowest BCUT2D eigenvalue weighted by Gasteiger charge is -2.20. The zero-order chi connectivity index (χ0) is 32.6. The molecule has 0 spiro atoms. The second kappa shape index (κ2) is 31.9. The molecule has 0 aromatic carbocycles. The average Bonchev–Trinajstić information content (AvgIpc) is 3.01. The molecule has 0 heterocycles. The maximum Gasteiger partial charge on any atom is 0.472 e. The van der Waals surface area contributed by atoms with Crippen LogP contribution in [0.1, 0.15) is 142 Å². The van der Waals surface area contributed by atoms with E-state index in [4.69, 9.17) is 23.6 Å². The molecular formula is C34H65O9P. The van der Waals surface area contributed by atoms with Crippen molar-refractivity contribution in [1.82, 2.24) is 0 Å². The van der Waals surface area contributed by atoms with Crippen LogP contribution in [-0.4, -0.2) is 66.3 Å². The molecule has 0 saturated heterocycles. The fraction of sp³-hybridized carbons (Fsp3) is 0.853. The summed E-state index contributed by atoms with van der Waals surface area (Å²) in [6.07, 6.45) is 28.5. The fourth-order valence-electron chi connectivity index (χ4n) is 4.41. The SMILES string of the molecule is CCC/C=C\CCCCCCCCOCC(COP(=O)(O)OCC(O)CO)OC(=O)CCCCCCC/C=C\CCCCC. The normalized spacial score (nSPS) is 14.8. The predicted molar refractivity (Wildman–Crippen MR) is 177 cm³/mol. The Bertz CT molecular complexity index is 744. The van der Waals surface area contributed by atoms with E-state index in [0.29, 0.717) is 6.61 Å². The van der Waals surface area contributed by atoms with Gasteiger partial charge in [0.15, 0.2) is 0 Å². The Labute approximate surface area is 268 Å². The summed E-state index contributed by atoms with van der Waals surface area (Å²) in [4.78, 5) is 22.4. The van der Waals surface area contributed by atoms with Gasteiger partial charge >= 0.3 is 13.8 Å². The molecule has 3 N–H and O–H groups in total. The van der Waals surface area contributed by atoms with E-state index in [0.717, 1.165) is 70.6 Å². The molecule has 0 rings (SSSR count). The van der Waals surface area contributed by atoms with E-state index < -0.39 is 39.2 Å². The number of phosphoric ester groups is 1. The summed E-state index contributed by atoms with van der Waals surface area (Å²) in [5, 5.41) is 18.2. The number of aliphatic hydroxyl groups excluding tert-OH is 2. The Morgan fingerprint density at radius 2 is 1.20 bits per heavy atom. The molecule has 9 nitrogen and oxygen atoms in total. The van der Waals surface area contributed by atoms with Crippen LogP contribution in [0.2, 0.25) is 0 Å². The third kappa shape index (κ3) is 30.9. The molecule has 0 saturated carbocycles. The lowest BCUT2D eigenvalue weighted by molar-refractivity contribution is -0.154. The minimum absolute atomic E-state index is 0.0427. The second-order valence-corrected chi connectivity index (χ2v) is 13.0. The Hall–Kier alpha value is -1.06. The number of hydrogen-bond acceptors (Lipinski definition) is 8. The van der Waals surface area contributed by atoms with Crippen molar-refractivity contribution in [3.8, 4) is 0 Å². The number of carbonyl (C=O) groups is 1. The first-order valence-corrected chi connectivity index (χ1v) is 18.8. The number of unbranched alkanes of at least 4 members (excludes halogenated alkanes) is 15. The van der Waals surface area contributed by atoms with Crippen LogP contribution in [0.15, 0.2) is 24.3 Å². The van der Waals surface area contributed by atoms with E-state index in [1.165, 1.54) is 51.4 Å². The number of phosphoric acid groups is 1. The molecule has 0 fully saturated rings. The smallest absolute Gasteiger partial charge is 0.457 e. The van der Waals surface area contributed by atoms with Gasteiger partial charge in [-0.15, -0.1) is 0 Å². The van der Waals surface area contributed by atoms with E-state index in [2.05, 4.69) is 38.2 Å². The van der Waals surface area contributed by atoms with E-state index in [1.54, 1.807) is 0 Å². The standard InChI is InChI=1S/C34H65O9P/c1-3-5-7-9-11-13-15-16-18-20-22-24-26-34(37)43-33(31-42-44(38,39)41-29-32(36)28-35)30-40-27-25-23-21-19-17-14-12-10-8-6-4-2/h8,10-11,13,32-33,35-36H,3-7,9,12,14-31H2,1-2H3,(H,38,39)/b10-8-,13-11-. The predicted octanol–water partition coefficient (Wildman–Crippen LogP) is 8.36. The third-order valence-electron chi connectivity index (χ3n) is 7.09. The number of aliphatic hydroxyl groups is 2. The summed E-state index contributed by atoms with van der Waals surface area (Å²) in [5.41, 5.74) is 0. The van der Waals surface area contributed by atoms with Crippen molar-refractivity contribution in [3.05, 3.63) is 24.3 Å². The van der Waals surface area contributed by atoms with Crippen molar-refractivity contribution < 1.29 is 43.0 Å². The summed E-state index contributed by atoms with van der Waals surface area (Å²) >= 11 is 0. The van der Waals surface area contributed by atoms with E-state index >= 15 is 0 Å². The molecular weight excluding hydrogens is 583 g/mol. The van der Waals surface area contributed by atoms with Gasteiger partial charge in [-0.2, -0.15) is 0 Å². The molecule has 0 aromatic rings. The topological polar surface area (TPSA) is 132 Å². The first-order valence-electron chi connectivity index (χ1n) is 17.3. The molecule has 0 aliphatic heterocycles. The lowest BCUT2D eigenvalue weighted by atomic mass is 10.1. The summed E-state index contributed by atoms with van der Waals surface area (Å²) in [7, 11) is -4.51. The molecule has 0 amide bonds. The van der Waals surface area contributed by atoms with Crippen molar-refractivity contribution in [2.45, 2.75) is 154 Å². The van der Waals surface area contributed by atoms with Crippen molar-refractivity contribution >= 4 is 13.8 Å². The number of esters is 1. The van der Waals surface area contributed by atoms with Crippen molar-refractivity contribution in [2.24, 2.45) is 0 Å². The van der Waals surface area contributed by atoms with Gasteiger partial charge in [0, 0.05) is 13.0 Å². The summed E-state index contributed by atoms with van der Waals surface area (Å²) in [6.45, 7) is 3.39. The van der Waals surface area contributed by atoms with Crippen LogP contribution in [0, 0.1) is 0 Å². The highest BCUT2D eigenvalue weighted by Gasteiger charge is 2.26. The highest BCUT2D eigenvalue weighted by atomic mass is 31.2. The number of carbonyl (C=O) groups excluding carboxylic acids is 1. The minimum atomic E-state index is -4.51. The molecule has 0 radical (unpaired) electrons. The van der Waals surface area contributed by atoms with Gasteiger partial charge in [-0.25, -0.2) is 4.57 Å². The number of rotatable bonds is 33. The van der Waals surface area contributed by atoms with Crippen LogP contribution < -0.4 is 0 Å². The molecule has 0 bridgehead atoms. The van der Waals surface area contributed by atoms with Crippen LogP contribution in [0.3, 0.4) is 0 Å². The van der Waals surface area contributed by atoms with Crippen molar-refractivity contribution in [3.63, 3.8) is 0 Å². The maximum absolute atomic E-state index is 12.5. The van der Waals surface area contributed by atoms with Gasteiger partial charge in [-0.3, -0.25) is 13.8 Å². The third-order valence-corrected chi connectivity index (χ3v) is 8.04. The molecule has 0 aromatic heterocycles. The van der Waals surface area contributed by atoms with Gasteiger partial charge in [-0.05, 0) is 57.8 Å². The molecule has 260 valence electrons. The highest BCUT2D eigenvalue weighted by molar-refractivity contribution is 7.47. The Morgan fingerprint density at radius 1 is 0.682 bits per heavy atom. The van der Waals surface area contributed by atoms with Gasteiger partial charge in [0.1, 0.15) is 12.2 Å². The van der Waals surface area contributed by atoms with Gasteiger partial charge in [0.25, 0.3) is 0 Å². The lowest BCUT2D eigenvalue weighted by Crippen LogP contribution is -2.29. The van der Waals surface area contributed by atoms with E-state index in [-0.39, 0.29) is 19.6 Å². The molecule has 0 aliphatic rings. The van der Waals surface area contributed by atoms with Crippen LogP contribution in [0.25, 0.3) is 0 Å². The van der Waals surface area contributed by atoms with Crippen LogP contribution in [0.5, 0.6) is 0 Å². The summed E-state index contributed by atoms with van der Waals surface area (Å²) < 4.78 is 33.1. The maximum atomic E-state index is 12.5. The first kappa shape index (κ1) is 42.9. The summed E-state index contributed by atoms with van der Waals surface area (Å²) in [5.74, 6) is -0.397. The number of allylic oxidation sites excluding steroid dienone is 4. The van der Waals surface area contributed by atoms with Crippen molar-refractivity contribution in [2.75, 3.05) is 33.0 Å². The summed E-state index contributed by atoms with van der Waals surface area (Å²) in [6, 6.07) is 0. The minimum Gasteiger partial charge on any atom is -0.457 e. The van der Waals surface area contributed by atoms with E-state index in [1.807, 2.05) is 0 Å². The Balaban J connectivity index is 4.30. The molecule has 3 unspecified atom stereocenters. The zero-order valence-corrected chi connectivity index (χ0v) is 28.8. The van der Waals surface area contributed by atoms with Crippen LogP contribution in [0.4, 0.5) is 0 Å². The zero-order valence-electron chi connectivity index (χ0n) is 27.9. The van der Waals surface area contributed by atoms with Gasteiger partial charge in [0.2, 0.25) is 0 Å². The van der Waals surface area contributed by atoms with Crippen LogP contribution in [-0.2, 0) is 27.9 Å². The first-order chi connectivity index (χ1) is 21.3. The molecule has 0 aliphatic carbocycles. The second-order valence-electron chi connectivity index (χ2n) is 11.5. The van der Waals surface area contributed by atoms with E-state index in [9.17, 15) is 19.4 Å². The van der Waals surface area contributed by atoms with Crippen LogP contribution >= 0.6 is 7.82 Å². The molecule has 44 heavy (non-hydrogen) atoms. The monoisotopic (exact) mass is 648 g/mol. The average molecular weight is 649 g/mol. The quantitative estimate of drug-likeness (QED) is 0.0278. The van der Waals surface area contributed by atoms with Gasteiger partial charge in [0.05, 0.1) is 26.4 Å². The Morgan fingerprint density at radius 3 is 1.80 bits per heavy atom.